The Balaban J connectivity index is 0.00000200. The summed E-state index contributed by atoms with van der Waals surface area (Å²) in [6, 6.07) is 5.41. The monoisotopic (exact) mass is 322 g/mol. The summed E-state index contributed by atoms with van der Waals surface area (Å²) in [6.45, 7) is 0.337. The summed E-state index contributed by atoms with van der Waals surface area (Å²) in [4.78, 5) is 0. The van der Waals surface area contributed by atoms with Crippen molar-refractivity contribution in [3.05, 3.63) is 35.6 Å². The molecule has 0 aromatic heterocycles. The minimum absolute atomic E-state index is 0. The highest BCUT2D eigenvalue weighted by atomic mass is 35.5. The van der Waals surface area contributed by atoms with Gasteiger partial charge in [-0.15, -0.1) is 12.4 Å². The topological polar surface area (TPSA) is 63.4 Å². The SMILES string of the molecule is CN(C(CN)C1CC1)S(=O)(=O)Cc1ccc(F)cc1.Cl. The second kappa shape index (κ2) is 6.85. The molecule has 1 saturated carbocycles. The fourth-order valence-electron chi connectivity index (χ4n) is 2.22. The first kappa shape index (κ1) is 17.4. The Hall–Kier alpha value is -0.690. The van der Waals surface area contributed by atoms with Gasteiger partial charge in [-0.3, -0.25) is 0 Å². The van der Waals surface area contributed by atoms with Gasteiger partial charge in [0.25, 0.3) is 0 Å². The summed E-state index contributed by atoms with van der Waals surface area (Å²) in [6.07, 6.45) is 2.08. The molecule has 114 valence electrons. The van der Waals surface area contributed by atoms with Crippen LogP contribution in [0.1, 0.15) is 18.4 Å². The zero-order chi connectivity index (χ0) is 14.0. The number of nitrogens with two attached hydrogens (primary N) is 1. The lowest BCUT2D eigenvalue weighted by atomic mass is 10.2. The highest BCUT2D eigenvalue weighted by Crippen LogP contribution is 2.35. The van der Waals surface area contributed by atoms with E-state index in [2.05, 4.69) is 0 Å². The van der Waals surface area contributed by atoms with Crippen molar-refractivity contribution in [1.82, 2.24) is 4.31 Å². The van der Waals surface area contributed by atoms with E-state index in [4.69, 9.17) is 5.73 Å². The smallest absolute Gasteiger partial charge is 0.218 e. The number of likely N-dealkylation sites (N-methyl/N-ethyl adjacent to an activating group) is 1. The van der Waals surface area contributed by atoms with Crippen molar-refractivity contribution in [2.75, 3.05) is 13.6 Å². The zero-order valence-corrected chi connectivity index (χ0v) is 13.0. The standard InChI is InChI=1S/C13H19FN2O2S.ClH/c1-16(13(8-15)11-4-5-11)19(17,18)9-10-2-6-12(14)7-3-10;/h2-3,6-7,11,13H,4-5,8-9,15H2,1H3;1H. The fourth-order valence-corrected chi connectivity index (χ4v) is 3.71. The van der Waals surface area contributed by atoms with Gasteiger partial charge in [-0.1, -0.05) is 12.1 Å². The first-order valence-electron chi connectivity index (χ1n) is 6.34. The molecule has 1 unspecified atom stereocenters. The van der Waals surface area contributed by atoms with Gasteiger partial charge in [-0.2, -0.15) is 0 Å². The molecule has 0 spiro atoms. The summed E-state index contributed by atoms with van der Waals surface area (Å²) in [5.41, 5.74) is 6.25. The lowest BCUT2D eigenvalue weighted by Gasteiger charge is -2.26. The predicted molar refractivity (Wildman–Crippen MR) is 79.6 cm³/mol. The van der Waals surface area contributed by atoms with Crippen molar-refractivity contribution < 1.29 is 12.8 Å². The van der Waals surface area contributed by atoms with E-state index in [0.717, 1.165) is 12.8 Å². The highest BCUT2D eigenvalue weighted by molar-refractivity contribution is 7.88. The normalized spacial score (nSPS) is 16.8. The Bertz CT molecular complexity index is 532. The molecule has 0 bridgehead atoms. The van der Waals surface area contributed by atoms with Crippen molar-refractivity contribution in [3.8, 4) is 0 Å². The van der Waals surface area contributed by atoms with Crippen LogP contribution in [0, 0.1) is 11.7 Å². The van der Waals surface area contributed by atoms with E-state index in [-0.39, 0.29) is 30.0 Å². The number of sulfonamides is 1. The molecule has 0 aliphatic heterocycles. The van der Waals surface area contributed by atoms with Crippen LogP contribution in [0.3, 0.4) is 0 Å². The molecular formula is C13H20ClFN2O2S. The van der Waals surface area contributed by atoms with Crippen molar-refractivity contribution in [2.24, 2.45) is 11.7 Å². The Labute approximate surface area is 125 Å². The molecule has 1 atom stereocenters. The van der Waals surface area contributed by atoms with Crippen LogP contribution in [0.25, 0.3) is 0 Å². The summed E-state index contributed by atoms with van der Waals surface area (Å²) < 4.78 is 38.8. The van der Waals surface area contributed by atoms with Crippen LogP contribution < -0.4 is 5.73 Å². The van der Waals surface area contributed by atoms with Crippen LogP contribution >= 0.6 is 12.4 Å². The summed E-state index contributed by atoms with van der Waals surface area (Å²) in [5, 5.41) is 0. The Morgan fingerprint density at radius 3 is 2.35 bits per heavy atom. The first-order chi connectivity index (χ1) is 8.94. The quantitative estimate of drug-likeness (QED) is 0.868. The van der Waals surface area contributed by atoms with Crippen LogP contribution in [-0.4, -0.2) is 32.4 Å². The lowest BCUT2D eigenvalue weighted by Crippen LogP contribution is -2.43. The van der Waals surface area contributed by atoms with Gasteiger partial charge in [0, 0.05) is 19.6 Å². The number of halogens is 2. The van der Waals surface area contributed by atoms with Crippen molar-refractivity contribution in [3.63, 3.8) is 0 Å². The van der Waals surface area contributed by atoms with E-state index in [1.54, 1.807) is 7.05 Å². The van der Waals surface area contributed by atoms with E-state index >= 15 is 0 Å². The molecule has 4 nitrogen and oxygen atoms in total. The van der Waals surface area contributed by atoms with Crippen LogP contribution in [0.4, 0.5) is 4.39 Å². The van der Waals surface area contributed by atoms with Gasteiger partial charge < -0.3 is 5.73 Å². The number of hydrogen-bond acceptors (Lipinski definition) is 3. The van der Waals surface area contributed by atoms with Gasteiger partial charge in [-0.05, 0) is 36.5 Å². The first-order valence-corrected chi connectivity index (χ1v) is 7.95. The van der Waals surface area contributed by atoms with E-state index in [1.165, 1.54) is 28.6 Å². The minimum atomic E-state index is -3.41. The molecule has 2 rings (SSSR count). The molecular weight excluding hydrogens is 303 g/mol. The fraction of sp³-hybridized carbons (Fsp3) is 0.538. The molecule has 1 aliphatic carbocycles. The second-order valence-electron chi connectivity index (χ2n) is 5.04. The van der Waals surface area contributed by atoms with Crippen molar-refractivity contribution in [1.29, 1.82) is 0 Å². The van der Waals surface area contributed by atoms with E-state index < -0.39 is 10.0 Å². The van der Waals surface area contributed by atoms with Crippen molar-refractivity contribution in [2.45, 2.75) is 24.6 Å². The molecule has 1 aromatic carbocycles. The van der Waals surface area contributed by atoms with Gasteiger partial charge in [0.05, 0.1) is 5.75 Å². The van der Waals surface area contributed by atoms with E-state index in [1.807, 2.05) is 0 Å². The highest BCUT2D eigenvalue weighted by Gasteiger charge is 2.37. The third kappa shape index (κ3) is 4.15. The van der Waals surface area contributed by atoms with Gasteiger partial charge in [-0.25, -0.2) is 17.1 Å². The van der Waals surface area contributed by atoms with Crippen molar-refractivity contribution >= 4 is 22.4 Å². The summed E-state index contributed by atoms with van der Waals surface area (Å²) >= 11 is 0. The Kier molecular flexibility index (Phi) is 5.94. The third-order valence-electron chi connectivity index (χ3n) is 3.58. The van der Waals surface area contributed by atoms with Gasteiger partial charge >= 0.3 is 0 Å². The molecule has 1 fully saturated rings. The van der Waals surface area contributed by atoms with Crippen LogP contribution in [-0.2, 0) is 15.8 Å². The van der Waals surface area contributed by atoms with Crippen LogP contribution in [0.15, 0.2) is 24.3 Å². The molecule has 1 aliphatic rings. The van der Waals surface area contributed by atoms with Gasteiger partial charge in [0.2, 0.25) is 10.0 Å². The van der Waals surface area contributed by atoms with Gasteiger partial charge in [0.15, 0.2) is 0 Å². The number of nitrogens with zero attached hydrogens (tertiary/aromatic N) is 1. The Morgan fingerprint density at radius 1 is 1.35 bits per heavy atom. The molecule has 0 amide bonds. The summed E-state index contributed by atoms with van der Waals surface area (Å²) in [7, 11) is -1.83. The van der Waals surface area contributed by atoms with E-state index in [9.17, 15) is 12.8 Å². The average Bonchev–Trinajstić information content (AvgIpc) is 3.17. The minimum Gasteiger partial charge on any atom is -0.329 e. The maximum atomic E-state index is 12.8. The molecule has 0 radical (unpaired) electrons. The number of hydrogen-bond donors (Lipinski definition) is 1. The number of benzene rings is 1. The Morgan fingerprint density at radius 2 is 1.90 bits per heavy atom. The third-order valence-corrected chi connectivity index (χ3v) is 5.42. The maximum Gasteiger partial charge on any atom is 0.218 e. The lowest BCUT2D eigenvalue weighted by molar-refractivity contribution is 0.340. The molecule has 2 N–H and O–H groups in total. The predicted octanol–water partition coefficient (Wildman–Crippen LogP) is 1.75. The second-order valence-corrected chi connectivity index (χ2v) is 7.07. The summed E-state index contributed by atoms with van der Waals surface area (Å²) in [5.74, 6) is -0.0992. The zero-order valence-electron chi connectivity index (χ0n) is 11.3. The molecule has 20 heavy (non-hydrogen) atoms. The average molecular weight is 323 g/mol. The van der Waals surface area contributed by atoms with Gasteiger partial charge in [0.1, 0.15) is 5.82 Å². The number of rotatable bonds is 6. The van der Waals surface area contributed by atoms with Crippen LogP contribution in [0.5, 0.6) is 0 Å². The maximum absolute atomic E-state index is 12.8. The largest absolute Gasteiger partial charge is 0.329 e. The molecule has 1 aromatic rings. The molecule has 7 heteroatoms. The molecule has 0 saturated heterocycles. The van der Waals surface area contributed by atoms with E-state index in [0.29, 0.717) is 18.0 Å². The molecule has 0 heterocycles. The van der Waals surface area contributed by atoms with Crippen LogP contribution in [0.2, 0.25) is 0 Å².